The maximum absolute atomic E-state index is 12.3. The molecule has 0 aliphatic heterocycles. The number of hydrogen-bond acceptors (Lipinski definition) is 5. The van der Waals surface area contributed by atoms with Crippen molar-refractivity contribution in [3.05, 3.63) is 29.8 Å². The highest BCUT2D eigenvalue weighted by Gasteiger charge is 2.28. The van der Waals surface area contributed by atoms with E-state index in [0.717, 1.165) is 0 Å². The lowest BCUT2D eigenvalue weighted by Gasteiger charge is -2.26. The van der Waals surface area contributed by atoms with Crippen LogP contribution in [0.15, 0.2) is 29.2 Å². The summed E-state index contributed by atoms with van der Waals surface area (Å²) in [4.78, 5) is 22.3. The fourth-order valence-corrected chi connectivity index (χ4v) is 3.94. The minimum absolute atomic E-state index is 0.0607. The molecular formula is C15H19NO6S. The largest absolute Gasteiger partial charge is 0.481 e. The van der Waals surface area contributed by atoms with Crippen LogP contribution in [0.25, 0.3) is 0 Å². The Morgan fingerprint density at radius 2 is 1.70 bits per heavy atom. The zero-order chi connectivity index (χ0) is 17.0. The number of carbonyl (C=O) groups is 2. The van der Waals surface area contributed by atoms with Gasteiger partial charge < -0.3 is 9.84 Å². The van der Waals surface area contributed by atoms with Gasteiger partial charge in [-0.2, -0.15) is 0 Å². The van der Waals surface area contributed by atoms with Crippen molar-refractivity contribution in [1.82, 2.24) is 4.72 Å². The minimum Gasteiger partial charge on any atom is -0.481 e. The first-order chi connectivity index (χ1) is 10.8. The van der Waals surface area contributed by atoms with Crippen molar-refractivity contribution in [2.75, 3.05) is 7.11 Å². The Labute approximate surface area is 134 Å². The topological polar surface area (TPSA) is 110 Å². The van der Waals surface area contributed by atoms with Crippen molar-refractivity contribution in [3.63, 3.8) is 0 Å². The molecule has 1 aliphatic rings. The highest BCUT2D eigenvalue weighted by atomic mass is 32.2. The monoisotopic (exact) mass is 341 g/mol. The summed E-state index contributed by atoms with van der Waals surface area (Å²) in [6, 6.07) is 5.20. The minimum atomic E-state index is -3.70. The summed E-state index contributed by atoms with van der Waals surface area (Å²) in [6.45, 7) is 0. The molecule has 1 aromatic carbocycles. The highest BCUT2D eigenvalue weighted by Crippen LogP contribution is 2.25. The molecule has 0 radical (unpaired) electrons. The molecule has 0 atom stereocenters. The van der Waals surface area contributed by atoms with E-state index in [1.165, 1.54) is 31.4 Å². The Morgan fingerprint density at radius 3 is 2.17 bits per heavy atom. The maximum atomic E-state index is 12.3. The highest BCUT2D eigenvalue weighted by molar-refractivity contribution is 7.89. The van der Waals surface area contributed by atoms with Crippen LogP contribution >= 0.6 is 0 Å². The third kappa shape index (κ3) is 4.29. The Balaban J connectivity index is 2.02. The number of nitrogens with one attached hydrogen (secondary N) is 1. The van der Waals surface area contributed by atoms with Crippen LogP contribution in [0.3, 0.4) is 0 Å². The van der Waals surface area contributed by atoms with Crippen molar-refractivity contribution < 1.29 is 27.9 Å². The molecule has 0 aromatic heterocycles. The SMILES string of the molecule is COC(=O)c1ccc(S(=O)(=O)NC2CCC(C(=O)O)CC2)cc1. The molecule has 23 heavy (non-hydrogen) atoms. The van der Waals surface area contributed by atoms with Gasteiger partial charge in [-0.3, -0.25) is 4.79 Å². The molecule has 2 N–H and O–H groups in total. The van der Waals surface area contributed by atoms with Gasteiger partial charge in [0, 0.05) is 6.04 Å². The smallest absolute Gasteiger partial charge is 0.337 e. The molecule has 1 fully saturated rings. The lowest BCUT2D eigenvalue weighted by Crippen LogP contribution is -2.38. The molecule has 0 spiro atoms. The number of sulfonamides is 1. The summed E-state index contributed by atoms with van der Waals surface area (Å²) < 4.78 is 31.8. The van der Waals surface area contributed by atoms with E-state index in [4.69, 9.17) is 5.11 Å². The Hall–Kier alpha value is -1.93. The molecule has 2 rings (SSSR count). The van der Waals surface area contributed by atoms with Crippen LogP contribution < -0.4 is 4.72 Å². The quantitative estimate of drug-likeness (QED) is 0.783. The number of rotatable bonds is 5. The number of carboxylic acid groups (broad SMARTS) is 1. The average Bonchev–Trinajstić information content (AvgIpc) is 2.54. The number of carboxylic acids is 1. The second-order valence-corrected chi connectivity index (χ2v) is 7.24. The second-order valence-electron chi connectivity index (χ2n) is 5.52. The number of esters is 1. The van der Waals surface area contributed by atoms with Gasteiger partial charge in [0.05, 0.1) is 23.5 Å². The fraction of sp³-hybridized carbons (Fsp3) is 0.467. The van der Waals surface area contributed by atoms with Crippen molar-refractivity contribution in [1.29, 1.82) is 0 Å². The van der Waals surface area contributed by atoms with E-state index in [0.29, 0.717) is 25.7 Å². The second kappa shape index (κ2) is 7.10. The van der Waals surface area contributed by atoms with Gasteiger partial charge in [0.25, 0.3) is 0 Å². The molecule has 1 saturated carbocycles. The predicted molar refractivity (Wildman–Crippen MR) is 81.5 cm³/mol. The van der Waals surface area contributed by atoms with Crippen LogP contribution in [-0.2, 0) is 19.6 Å². The summed E-state index contributed by atoms with van der Waals surface area (Å²) in [5.74, 6) is -1.76. The van der Waals surface area contributed by atoms with E-state index in [1.54, 1.807) is 0 Å². The Bertz CT molecular complexity index is 674. The van der Waals surface area contributed by atoms with E-state index in [1.807, 2.05) is 0 Å². The van der Waals surface area contributed by atoms with Crippen molar-refractivity contribution >= 4 is 22.0 Å². The molecule has 126 valence electrons. The van der Waals surface area contributed by atoms with E-state index < -0.39 is 27.9 Å². The molecule has 0 unspecified atom stereocenters. The standard InChI is InChI=1S/C15H19NO6S/c1-22-15(19)11-4-8-13(9-5-11)23(20,21)16-12-6-2-10(3-7-12)14(17)18/h4-5,8-10,12,16H,2-3,6-7H2,1H3,(H,17,18). The molecule has 0 amide bonds. The van der Waals surface area contributed by atoms with Crippen LogP contribution in [0.2, 0.25) is 0 Å². The first-order valence-corrected chi connectivity index (χ1v) is 8.75. The van der Waals surface area contributed by atoms with Crippen LogP contribution in [0.5, 0.6) is 0 Å². The van der Waals surface area contributed by atoms with Crippen LogP contribution in [-0.4, -0.2) is 38.6 Å². The van der Waals surface area contributed by atoms with Crippen molar-refractivity contribution in [2.45, 2.75) is 36.6 Å². The van der Waals surface area contributed by atoms with Gasteiger partial charge in [-0.05, 0) is 49.9 Å². The summed E-state index contributed by atoms with van der Waals surface area (Å²) in [5.41, 5.74) is 0.272. The summed E-state index contributed by atoms with van der Waals surface area (Å²) in [6.07, 6.45) is 1.92. The molecule has 0 bridgehead atoms. The van der Waals surface area contributed by atoms with Crippen LogP contribution in [0, 0.1) is 5.92 Å². The van der Waals surface area contributed by atoms with E-state index >= 15 is 0 Å². The number of hydrogen-bond donors (Lipinski definition) is 2. The number of benzene rings is 1. The van der Waals surface area contributed by atoms with E-state index in [-0.39, 0.29) is 16.5 Å². The van der Waals surface area contributed by atoms with Gasteiger partial charge in [0.15, 0.2) is 0 Å². The van der Waals surface area contributed by atoms with Gasteiger partial charge in [0.1, 0.15) is 0 Å². The third-order valence-corrected chi connectivity index (χ3v) is 5.52. The van der Waals surface area contributed by atoms with Crippen molar-refractivity contribution in [3.8, 4) is 0 Å². The first-order valence-electron chi connectivity index (χ1n) is 7.27. The van der Waals surface area contributed by atoms with Gasteiger partial charge >= 0.3 is 11.9 Å². The van der Waals surface area contributed by atoms with Gasteiger partial charge in [-0.1, -0.05) is 0 Å². The molecule has 1 aromatic rings. The van der Waals surface area contributed by atoms with Crippen LogP contribution in [0.1, 0.15) is 36.0 Å². The normalized spacial score (nSPS) is 21.6. The maximum Gasteiger partial charge on any atom is 0.337 e. The molecule has 8 heteroatoms. The lowest BCUT2D eigenvalue weighted by atomic mass is 9.87. The first kappa shape index (κ1) is 17.4. The van der Waals surface area contributed by atoms with Gasteiger partial charge in [-0.15, -0.1) is 0 Å². The third-order valence-electron chi connectivity index (χ3n) is 3.98. The van der Waals surface area contributed by atoms with Crippen molar-refractivity contribution in [2.24, 2.45) is 5.92 Å². The van der Waals surface area contributed by atoms with E-state index in [9.17, 15) is 18.0 Å². The number of carbonyl (C=O) groups excluding carboxylic acids is 1. The summed E-state index contributed by atoms with van der Waals surface area (Å²) in [5, 5.41) is 8.95. The number of ether oxygens (including phenoxy) is 1. The van der Waals surface area contributed by atoms with Gasteiger partial charge in [-0.25, -0.2) is 17.9 Å². The molecule has 0 heterocycles. The molecule has 0 saturated heterocycles. The predicted octanol–water partition coefficient (Wildman–Crippen LogP) is 1.39. The molecule has 7 nitrogen and oxygen atoms in total. The molecule has 1 aliphatic carbocycles. The van der Waals surface area contributed by atoms with Crippen LogP contribution in [0.4, 0.5) is 0 Å². The number of aliphatic carboxylic acids is 1. The fourth-order valence-electron chi connectivity index (χ4n) is 2.63. The zero-order valence-electron chi connectivity index (χ0n) is 12.7. The summed E-state index contributed by atoms with van der Waals surface area (Å²) >= 11 is 0. The lowest BCUT2D eigenvalue weighted by molar-refractivity contribution is -0.142. The van der Waals surface area contributed by atoms with E-state index in [2.05, 4.69) is 9.46 Å². The number of methoxy groups -OCH3 is 1. The Kier molecular flexibility index (Phi) is 5.38. The Morgan fingerprint density at radius 1 is 1.13 bits per heavy atom. The summed E-state index contributed by atoms with van der Waals surface area (Å²) in [7, 11) is -2.44. The molecular weight excluding hydrogens is 322 g/mol. The zero-order valence-corrected chi connectivity index (χ0v) is 13.5. The van der Waals surface area contributed by atoms with Gasteiger partial charge in [0.2, 0.25) is 10.0 Å². The average molecular weight is 341 g/mol.